The van der Waals surface area contributed by atoms with Crippen LogP contribution in [-0.2, 0) is 9.53 Å². The van der Waals surface area contributed by atoms with Crippen LogP contribution in [0.4, 0.5) is 10.5 Å². The van der Waals surface area contributed by atoms with E-state index in [0.717, 1.165) is 31.7 Å². The van der Waals surface area contributed by atoms with E-state index in [-0.39, 0.29) is 30.4 Å². The van der Waals surface area contributed by atoms with Crippen molar-refractivity contribution >= 4 is 30.1 Å². The predicted octanol–water partition coefficient (Wildman–Crippen LogP) is 3.45. The Morgan fingerprint density at radius 1 is 1.18 bits per heavy atom. The van der Waals surface area contributed by atoms with Crippen LogP contribution in [0, 0.1) is 5.92 Å². The Kier molecular flexibility index (Phi) is 9.06. The number of benzene rings is 1. The highest BCUT2D eigenvalue weighted by atomic mass is 35.5. The quantitative estimate of drug-likeness (QED) is 0.668. The molecule has 0 aliphatic carbocycles. The van der Waals surface area contributed by atoms with Crippen molar-refractivity contribution in [2.45, 2.75) is 45.1 Å². The summed E-state index contributed by atoms with van der Waals surface area (Å²) >= 11 is 0. The molecule has 2 fully saturated rings. The van der Waals surface area contributed by atoms with Gasteiger partial charge in [0.15, 0.2) is 0 Å². The van der Waals surface area contributed by atoms with Crippen LogP contribution in [0.1, 0.15) is 39.0 Å². The molecule has 2 aliphatic rings. The van der Waals surface area contributed by atoms with E-state index in [4.69, 9.17) is 4.74 Å². The van der Waals surface area contributed by atoms with Gasteiger partial charge in [-0.05, 0) is 63.7 Å². The van der Waals surface area contributed by atoms with Crippen molar-refractivity contribution in [2.75, 3.05) is 37.7 Å². The molecule has 2 amide bonds. The van der Waals surface area contributed by atoms with E-state index in [1.807, 2.05) is 47.1 Å². The molecule has 1 unspecified atom stereocenters. The van der Waals surface area contributed by atoms with E-state index in [2.05, 4.69) is 5.32 Å². The Morgan fingerprint density at radius 3 is 2.57 bits per heavy atom. The molecule has 0 saturated carbocycles. The van der Waals surface area contributed by atoms with E-state index < -0.39 is 0 Å². The molecule has 2 saturated heterocycles. The second-order valence-electron chi connectivity index (χ2n) is 7.40. The van der Waals surface area contributed by atoms with Crippen molar-refractivity contribution in [3.63, 3.8) is 0 Å². The lowest BCUT2D eigenvalue weighted by molar-refractivity contribution is -0.143. The molecule has 2 heterocycles. The molecule has 1 aromatic carbocycles. The summed E-state index contributed by atoms with van der Waals surface area (Å²) in [7, 11) is 0. The Balaban J connectivity index is 0.00000280. The molecule has 3 rings (SSSR count). The Morgan fingerprint density at radius 2 is 1.89 bits per heavy atom. The molecule has 0 spiro atoms. The van der Waals surface area contributed by atoms with Crippen molar-refractivity contribution in [3.05, 3.63) is 30.3 Å². The number of anilines is 1. The number of nitrogens with one attached hydrogen (secondary N) is 1. The molecule has 0 bridgehead atoms. The minimum Gasteiger partial charge on any atom is -0.466 e. The minimum atomic E-state index is -0.179. The average molecular weight is 410 g/mol. The third kappa shape index (κ3) is 5.85. The second-order valence-corrected chi connectivity index (χ2v) is 7.40. The van der Waals surface area contributed by atoms with E-state index in [0.29, 0.717) is 31.9 Å². The largest absolute Gasteiger partial charge is 0.466 e. The standard InChI is InChI=1S/C21H31N3O3.ClH/c1-2-27-20(25)9-8-19-16-24(18-6-4-3-5-7-18)21(26)23(19)15-12-17-10-13-22-14-11-17;/h3-7,17,19,22H,2,8-16H2,1H3;1H. The number of amides is 2. The first-order valence-corrected chi connectivity index (χ1v) is 10.2. The molecule has 0 radical (unpaired) electrons. The maximum absolute atomic E-state index is 13.1. The fraction of sp³-hybridized carbons (Fsp3) is 0.619. The monoisotopic (exact) mass is 409 g/mol. The molecule has 28 heavy (non-hydrogen) atoms. The van der Waals surface area contributed by atoms with Crippen LogP contribution >= 0.6 is 12.4 Å². The first kappa shape index (κ1) is 22.5. The van der Waals surface area contributed by atoms with Gasteiger partial charge in [-0.3, -0.25) is 9.69 Å². The number of carbonyl (C=O) groups is 2. The number of piperidine rings is 1. The summed E-state index contributed by atoms with van der Waals surface area (Å²) < 4.78 is 5.07. The third-order valence-electron chi connectivity index (χ3n) is 5.60. The lowest BCUT2D eigenvalue weighted by atomic mass is 9.94. The summed E-state index contributed by atoms with van der Waals surface area (Å²) in [5, 5.41) is 3.39. The first-order valence-electron chi connectivity index (χ1n) is 10.2. The highest BCUT2D eigenvalue weighted by Gasteiger charge is 2.38. The number of hydrogen-bond donors (Lipinski definition) is 1. The van der Waals surface area contributed by atoms with E-state index in [1.165, 1.54) is 12.8 Å². The van der Waals surface area contributed by atoms with Gasteiger partial charge in [-0.15, -0.1) is 12.4 Å². The van der Waals surface area contributed by atoms with Gasteiger partial charge in [0, 0.05) is 25.2 Å². The van der Waals surface area contributed by atoms with Gasteiger partial charge < -0.3 is 15.0 Å². The van der Waals surface area contributed by atoms with Crippen molar-refractivity contribution in [1.29, 1.82) is 0 Å². The fourth-order valence-electron chi connectivity index (χ4n) is 4.06. The summed E-state index contributed by atoms with van der Waals surface area (Å²) in [6, 6.07) is 9.92. The summed E-state index contributed by atoms with van der Waals surface area (Å²) in [4.78, 5) is 28.7. The lowest BCUT2D eigenvalue weighted by Crippen LogP contribution is -2.38. The Labute approximate surface area is 174 Å². The molecule has 6 nitrogen and oxygen atoms in total. The summed E-state index contributed by atoms with van der Waals surface area (Å²) in [6.45, 7) is 5.76. The smallest absolute Gasteiger partial charge is 0.324 e. The number of rotatable bonds is 8. The van der Waals surface area contributed by atoms with Crippen LogP contribution in [0.5, 0.6) is 0 Å². The van der Waals surface area contributed by atoms with Gasteiger partial charge in [-0.25, -0.2) is 4.79 Å². The molecule has 156 valence electrons. The lowest BCUT2D eigenvalue weighted by Gasteiger charge is -2.27. The van der Waals surface area contributed by atoms with Gasteiger partial charge in [-0.2, -0.15) is 0 Å². The Hall–Kier alpha value is -1.79. The van der Waals surface area contributed by atoms with Crippen molar-refractivity contribution < 1.29 is 14.3 Å². The predicted molar refractivity (Wildman–Crippen MR) is 113 cm³/mol. The number of para-hydroxylation sites is 1. The highest BCUT2D eigenvalue weighted by molar-refractivity contribution is 5.94. The van der Waals surface area contributed by atoms with Gasteiger partial charge >= 0.3 is 12.0 Å². The SMILES string of the molecule is CCOC(=O)CCC1CN(c2ccccc2)C(=O)N1CCC1CCNCC1.Cl. The molecule has 7 heteroatoms. The molecule has 1 N–H and O–H groups in total. The molecule has 1 atom stereocenters. The van der Waals surface area contributed by atoms with Crippen LogP contribution < -0.4 is 10.2 Å². The van der Waals surface area contributed by atoms with Crippen LogP contribution in [-0.4, -0.2) is 55.7 Å². The molecule has 2 aliphatic heterocycles. The second kappa shape index (κ2) is 11.3. The zero-order chi connectivity index (χ0) is 19.1. The molecular formula is C21H32ClN3O3. The summed E-state index contributed by atoms with van der Waals surface area (Å²) in [6.07, 6.45) is 4.40. The summed E-state index contributed by atoms with van der Waals surface area (Å²) in [5.74, 6) is 0.497. The van der Waals surface area contributed by atoms with E-state index in [9.17, 15) is 9.59 Å². The number of carbonyl (C=O) groups excluding carboxylic acids is 2. The van der Waals surface area contributed by atoms with Gasteiger partial charge in [0.25, 0.3) is 0 Å². The maximum atomic E-state index is 13.1. The van der Waals surface area contributed by atoms with E-state index >= 15 is 0 Å². The van der Waals surface area contributed by atoms with Crippen LogP contribution in [0.15, 0.2) is 30.3 Å². The van der Waals surface area contributed by atoms with Gasteiger partial charge in [0.2, 0.25) is 0 Å². The first-order chi connectivity index (χ1) is 13.2. The van der Waals surface area contributed by atoms with Gasteiger partial charge in [0.05, 0.1) is 12.6 Å². The number of halogens is 1. The zero-order valence-corrected chi connectivity index (χ0v) is 17.5. The number of esters is 1. The van der Waals surface area contributed by atoms with Crippen molar-refractivity contribution in [1.82, 2.24) is 10.2 Å². The molecule has 1 aromatic rings. The van der Waals surface area contributed by atoms with Crippen LogP contribution in [0.2, 0.25) is 0 Å². The van der Waals surface area contributed by atoms with Gasteiger partial charge in [-0.1, -0.05) is 18.2 Å². The number of hydrogen-bond acceptors (Lipinski definition) is 4. The fourth-order valence-corrected chi connectivity index (χ4v) is 4.06. The zero-order valence-electron chi connectivity index (χ0n) is 16.6. The number of nitrogens with zero attached hydrogens (tertiary/aromatic N) is 2. The van der Waals surface area contributed by atoms with Crippen molar-refractivity contribution in [3.8, 4) is 0 Å². The van der Waals surface area contributed by atoms with E-state index in [1.54, 1.807) is 0 Å². The topological polar surface area (TPSA) is 61.9 Å². The number of urea groups is 1. The average Bonchev–Trinajstić information content (AvgIpc) is 3.02. The minimum absolute atomic E-state index is 0. The Bertz CT molecular complexity index is 623. The number of ether oxygens (including phenoxy) is 1. The third-order valence-corrected chi connectivity index (χ3v) is 5.60. The van der Waals surface area contributed by atoms with Gasteiger partial charge in [0.1, 0.15) is 0 Å². The van der Waals surface area contributed by atoms with Crippen LogP contribution in [0.3, 0.4) is 0 Å². The molecule has 0 aromatic heterocycles. The normalized spacial score (nSPS) is 20.2. The molecular weight excluding hydrogens is 378 g/mol. The van der Waals surface area contributed by atoms with Crippen molar-refractivity contribution in [2.24, 2.45) is 5.92 Å². The summed E-state index contributed by atoms with van der Waals surface area (Å²) in [5.41, 5.74) is 0.924. The van der Waals surface area contributed by atoms with Crippen LogP contribution in [0.25, 0.3) is 0 Å². The maximum Gasteiger partial charge on any atom is 0.324 e. The highest BCUT2D eigenvalue weighted by Crippen LogP contribution is 2.27.